The number of anilines is 2. The Morgan fingerprint density at radius 3 is 2.86 bits per heavy atom. The summed E-state index contributed by atoms with van der Waals surface area (Å²) in [5.74, 6) is 0.0310. The number of allylic oxidation sites excluding steroid dienone is 1. The Bertz CT molecular complexity index is 1330. The van der Waals surface area contributed by atoms with Gasteiger partial charge in [-0.3, -0.25) is 9.78 Å². The van der Waals surface area contributed by atoms with Gasteiger partial charge in [-0.25, -0.2) is 9.37 Å². The van der Waals surface area contributed by atoms with Gasteiger partial charge in [0.25, 0.3) is 5.91 Å². The Balaban J connectivity index is 1.30. The van der Waals surface area contributed by atoms with Gasteiger partial charge in [-0.05, 0) is 47.7 Å². The maximum Gasteiger partial charge on any atom is 0.252 e. The number of amides is 1. The summed E-state index contributed by atoms with van der Waals surface area (Å²) < 4.78 is 15.2. The first-order valence-corrected chi connectivity index (χ1v) is 11.6. The van der Waals surface area contributed by atoms with Gasteiger partial charge in [-0.1, -0.05) is 30.4 Å². The van der Waals surface area contributed by atoms with Gasteiger partial charge < -0.3 is 16.0 Å². The average molecular weight is 469 g/mol. The SMILES string of the molecule is N#Cc1ccc(N2CC[C@@H](Nc3cc(Cc4ccc5c(c4)CC=C5)ncc3C(N)=O)[C@@H](F)C2)nc1. The van der Waals surface area contributed by atoms with E-state index in [1.807, 2.05) is 11.0 Å². The molecule has 35 heavy (non-hydrogen) atoms. The number of primary amides is 1. The van der Waals surface area contributed by atoms with Gasteiger partial charge in [0, 0.05) is 31.1 Å². The Kier molecular flexibility index (Phi) is 6.15. The quantitative estimate of drug-likeness (QED) is 0.572. The lowest BCUT2D eigenvalue weighted by Crippen LogP contribution is -2.48. The van der Waals surface area contributed by atoms with Crippen molar-refractivity contribution in [3.05, 3.63) is 88.4 Å². The molecule has 1 aliphatic carbocycles. The van der Waals surface area contributed by atoms with Crippen molar-refractivity contribution in [2.45, 2.75) is 31.5 Å². The predicted octanol–water partition coefficient (Wildman–Crippen LogP) is 3.64. The van der Waals surface area contributed by atoms with Crippen LogP contribution < -0.4 is 16.0 Å². The number of nitrogens with two attached hydrogens (primary N) is 1. The van der Waals surface area contributed by atoms with Crippen LogP contribution in [0.15, 0.2) is 54.9 Å². The monoisotopic (exact) mass is 468 g/mol. The van der Waals surface area contributed by atoms with Gasteiger partial charge in [0.05, 0.1) is 29.4 Å². The number of nitriles is 1. The number of aromatic nitrogens is 2. The van der Waals surface area contributed by atoms with Crippen LogP contribution in [-0.4, -0.2) is 41.2 Å². The number of alkyl halides is 1. The van der Waals surface area contributed by atoms with Crippen LogP contribution in [0.3, 0.4) is 0 Å². The van der Waals surface area contributed by atoms with Crippen LogP contribution in [0.5, 0.6) is 0 Å². The third-order valence-electron chi connectivity index (χ3n) is 6.54. The Hall–Kier alpha value is -4.25. The smallest absolute Gasteiger partial charge is 0.252 e. The van der Waals surface area contributed by atoms with E-state index >= 15 is 4.39 Å². The number of benzene rings is 1. The van der Waals surface area contributed by atoms with Gasteiger partial charge in [-0.15, -0.1) is 0 Å². The molecule has 1 amide bonds. The zero-order valence-electron chi connectivity index (χ0n) is 19.1. The van der Waals surface area contributed by atoms with E-state index in [9.17, 15) is 4.79 Å². The summed E-state index contributed by atoms with van der Waals surface area (Å²) in [6.07, 6.45) is 8.07. The molecule has 176 valence electrons. The molecule has 1 fully saturated rings. The van der Waals surface area contributed by atoms with E-state index in [0.29, 0.717) is 36.5 Å². The van der Waals surface area contributed by atoms with Crippen LogP contribution in [0.2, 0.25) is 0 Å². The van der Waals surface area contributed by atoms with Gasteiger partial charge in [0.15, 0.2) is 0 Å². The molecule has 0 saturated carbocycles. The highest BCUT2D eigenvalue weighted by Gasteiger charge is 2.30. The lowest BCUT2D eigenvalue weighted by atomic mass is 10.00. The molecule has 2 aromatic heterocycles. The lowest BCUT2D eigenvalue weighted by molar-refractivity contribution is 0.100. The highest BCUT2D eigenvalue weighted by atomic mass is 19.1. The molecule has 8 heteroatoms. The van der Waals surface area contributed by atoms with Crippen molar-refractivity contribution in [1.82, 2.24) is 9.97 Å². The van der Waals surface area contributed by atoms with E-state index in [4.69, 9.17) is 11.0 Å². The number of nitrogens with one attached hydrogen (secondary N) is 1. The number of hydrogen-bond donors (Lipinski definition) is 2. The molecule has 2 atom stereocenters. The number of piperidine rings is 1. The second kappa shape index (κ2) is 9.55. The van der Waals surface area contributed by atoms with Crippen LogP contribution in [0, 0.1) is 11.3 Å². The molecule has 0 spiro atoms. The molecular weight excluding hydrogens is 443 g/mol. The van der Waals surface area contributed by atoms with E-state index in [1.54, 1.807) is 18.2 Å². The van der Waals surface area contributed by atoms with Crippen LogP contribution in [-0.2, 0) is 12.8 Å². The maximum atomic E-state index is 15.2. The van der Waals surface area contributed by atoms with Crippen molar-refractivity contribution in [2.75, 3.05) is 23.3 Å². The molecule has 0 radical (unpaired) electrons. The van der Waals surface area contributed by atoms with Crippen molar-refractivity contribution >= 4 is 23.5 Å². The number of hydrogen-bond acceptors (Lipinski definition) is 6. The average Bonchev–Trinajstić information content (AvgIpc) is 3.33. The van der Waals surface area contributed by atoms with Crippen molar-refractivity contribution in [3.8, 4) is 6.07 Å². The minimum atomic E-state index is -1.19. The summed E-state index contributed by atoms with van der Waals surface area (Å²) >= 11 is 0. The largest absolute Gasteiger partial charge is 0.378 e. The molecule has 3 N–H and O–H groups in total. The number of carbonyl (C=O) groups excluding carboxylic acids is 1. The summed E-state index contributed by atoms with van der Waals surface area (Å²) in [7, 11) is 0. The van der Waals surface area contributed by atoms with E-state index in [1.165, 1.54) is 23.5 Å². The first kappa shape index (κ1) is 22.5. The zero-order chi connectivity index (χ0) is 24.4. The molecule has 1 saturated heterocycles. The van der Waals surface area contributed by atoms with E-state index in [0.717, 1.165) is 17.7 Å². The first-order chi connectivity index (χ1) is 17.0. The molecular formula is C27H25FN6O. The molecule has 1 aromatic carbocycles. The standard InChI is InChI=1S/C27H25FN6O/c28-23-16-34(26-7-5-18(13-29)14-32-26)9-8-24(23)33-25-12-21(31-15-22(25)27(30)35)11-17-4-6-19-2-1-3-20(19)10-17/h1-2,4-7,10,12,14-15,23-24H,3,8-9,11,16H2,(H2,30,35)(H,31,33)/t23-,24+/m0/s1. The second-order valence-corrected chi connectivity index (χ2v) is 8.92. The second-order valence-electron chi connectivity index (χ2n) is 8.92. The van der Waals surface area contributed by atoms with Gasteiger partial charge >= 0.3 is 0 Å². The lowest BCUT2D eigenvalue weighted by Gasteiger charge is -2.36. The number of carbonyl (C=O) groups is 1. The van der Waals surface area contributed by atoms with Crippen molar-refractivity contribution in [1.29, 1.82) is 5.26 Å². The van der Waals surface area contributed by atoms with Gasteiger partial charge in [-0.2, -0.15) is 5.26 Å². The van der Waals surface area contributed by atoms with E-state index in [2.05, 4.69) is 45.6 Å². The molecule has 0 bridgehead atoms. The first-order valence-electron chi connectivity index (χ1n) is 11.6. The fourth-order valence-electron chi connectivity index (χ4n) is 4.66. The molecule has 2 aliphatic rings. The number of halogens is 1. The van der Waals surface area contributed by atoms with Crippen LogP contribution in [0.1, 0.15) is 44.7 Å². The van der Waals surface area contributed by atoms with Crippen LogP contribution in [0.25, 0.3) is 6.08 Å². The number of fused-ring (bicyclic) bond motifs is 1. The topological polar surface area (TPSA) is 108 Å². The maximum absolute atomic E-state index is 15.2. The Labute approximate surface area is 203 Å². The molecule has 1 aliphatic heterocycles. The number of pyridine rings is 2. The predicted molar refractivity (Wildman–Crippen MR) is 133 cm³/mol. The highest BCUT2D eigenvalue weighted by molar-refractivity contribution is 5.98. The summed E-state index contributed by atoms with van der Waals surface area (Å²) in [4.78, 5) is 22.6. The highest BCUT2D eigenvalue weighted by Crippen LogP contribution is 2.26. The number of rotatable bonds is 6. The van der Waals surface area contributed by atoms with Crippen molar-refractivity contribution in [2.24, 2.45) is 5.73 Å². The summed E-state index contributed by atoms with van der Waals surface area (Å²) in [6, 6.07) is 13.1. The summed E-state index contributed by atoms with van der Waals surface area (Å²) in [5.41, 5.74) is 11.2. The van der Waals surface area contributed by atoms with Crippen molar-refractivity contribution < 1.29 is 9.18 Å². The van der Waals surface area contributed by atoms with Gasteiger partial charge in [0.1, 0.15) is 18.1 Å². The fraction of sp³-hybridized carbons (Fsp3) is 0.259. The van der Waals surface area contributed by atoms with E-state index in [-0.39, 0.29) is 12.1 Å². The van der Waals surface area contributed by atoms with Gasteiger partial charge in [0.2, 0.25) is 0 Å². The third kappa shape index (κ3) is 4.85. The molecule has 7 nitrogen and oxygen atoms in total. The van der Waals surface area contributed by atoms with Crippen LogP contribution in [0.4, 0.5) is 15.9 Å². The van der Waals surface area contributed by atoms with E-state index < -0.39 is 18.1 Å². The molecule has 3 heterocycles. The minimum absolute atomic E-state index is 0.156. The normalized spacial score (nSPS) is 18.7. The molecule has 5 rings (SSSR count). The molecule has 0 unspecified atom stereocenters. The van der Waals surface area contributed by atoms with Crippen molar-refractivity contribution in [3.63, 3.8) is 0 Å². The summed E-state index contributed by atoms with van der Waals surface area (Å²) in [6.45, 7) is 0.744. The minimum Gasteiger partial charge on any atom is -0.378 e. The third-order valence-corrected chi connectivity index (χ3v) is 6.54. The Morgan fingerprint density at radius 2 is 2.11 bits per heavy atom. The number of nitrogens with zero attached hydrogens (tertiary/aromatic N) is 4. The summed E-state index contributed by atoms with van der Waals surface area (Å²) in [5, 5.41) is 12.2. The van der Waals surface area contributed by atoms with Crippen LogP contribution >= 0.6 is 0 Å². The zero-order valence-corrected chi connectivity index (χ0v) is 19.1. The molecule has 3 aromatic rings. The Morgan fingerprint density at radius 1 is 1.23 bits per heavy atom. The fourth-order valence-corrected chi connectivity index (χ4v) is 4.66.